The Balaban J connectivity index is 2.68. The molecular weight excluding hydrogens is 389 g/mol. The number of halogens is 1. The molecule has 8 heteroatoms. The maximum absolute atomic E-state index is 11.9. The molecule has 0 saturated heterocycles. The largest absolute Gasteiger partial charge is 0.480 e. The van der Waals surface area contributed by atoms with Crippen LogP contribution in [0.15, 0.2) is 18.2 Å². The summed E-state index contributed by atoms with van der Waals surface area (Å²) in [5.74, 6) is -2.22. The van der Waals surface area contributed by atoms with Crippen LogP contribution in [-0.2, 0) is 14.4 Å². The molecule has 2 amide bonds. The first-order valence-corrected chi connectivity index (χ1v) is 7.14. The van der Waals surface area contributed by atoms with Crippen LogP contribution in [0.4, 0.5) is 5.69 Å². The molecule has 0 aliphatic carbocycles. The minimum atomic E-state index is -1.13. The molecule has 0 unspecified atom stereocenters. The third-order valence-electron chi connectivity index (χ3n) is 2.57. The topological polar surface area (TPSA) is 113 Å². The van der Waals surface area contributed by atoms with Crippen molar-refractivity contribution in [2.24, 2.45) is 5.73 Å². The summed E-state index contributed by atoms with van der Waals surface area (Å²) < 4.78 is 1.05. The highest BCUT2D eigenvalue weighted by Gasteiger charge is 2.16. The number of benzene rings is 1. The highest BCUT2D eigenvalue weighted by molar-refractivity contribution is 14.1. The number of carbonyl (C=O) groups is 3. The second-order valence-corrected chi connectivity index (χ2v) is 5.76. The summed E-state index contributed by atoms with van der Waals surface area (Å²) >= 11 is 2.16. The number of hydrogen-bond acceptors (Lipinski definition) is 4. The van der Waals surface area contributed by atoms with Crippen molar-refractivity contribution < 1.29 is 19.5 Å². The number of amides is 2. The lowest BCUT2D eigenvalue weighted by atomic mass is 10.2. The van der Waals surface area contributed by atoms with Crippen LogP contribution in [0.3, 0.4) is 0 Å². The summed E-state index contributed by atoms with van der Waals surface area (Å²) in [4.78, 5) is 34.7. The van der Waals surface area contributed by atoms with Crippen LogP contribution in [0.1, 0.15) is 5.56 Å². The summed E-state index contributed by atoms with van der Waals surface area (Å²) in [6.07, 6.45) is 0. The van der Waals surface area contributed by atoms with Gasteiger partial charge in [-0.05, 0) is 53.3 Å². The molecule has 0 aliphatic heterocycles. The first kappa shape index (κ1) is 17.4. The lowest BCUT2D eigenvalue weighted by Gasteiger charge is -2.18. The lowest BCUT2D eigenvalue weighted by molar-refractivity contribution is -0.138. The Morgan fingerprint density at radius 3 is 2.48 bits per heavy atom. The number of carbonyl (C=O) groups excluding carboxylic acids is 2. The van der Waals surface area contributed by atoms with E-state index in [2.05, 4.69) is 27.9 Å². The maximum Gasteiger partial charge on any atom is 0.317 e. The van der Waals surface area contributed by atoms with Crippen LogP contribution in [0.2, 0.25) is 0 Å². The van der Waals surface area contributed by atoms with Gasteiger partial charge in [0.1, 0.15) is 0 Å². The monoisotopic (exact) mass is 405 g/mol. The molecule has 0 saturated carbocycles. The van der Waals surface area contributed by atoms with Gasteiger partial charge in [-0.15, -0.1) is 0 Å². The minimum Gasteiger partial charge on any atom is -0.480 e. The summed E-state index contributed by atoms with van der Waals surface area (Å²) in [7, 11) is 0. The Morgan fingerprint density at radius 1 is 1.29 bits per heavy atom. The van der Waals surface area contributed by atoms with E-state index in [0.29, 0.717) is 5.69 Å². The Labute approximate surface area is 135 Å². The third kappa shape index (κ3) is 6.54. The van der Waals surface area contributed by atoms with Crippen molar-refractivity contribution >= 4 is 46.1 Å². The fourth-order valence-electron chi connectivity index (χ4n) is 1.74. The molecule has 21 heavy (non-hydrogen) atoms. The minimum absolute atomic E-state index is 0.222. The van der Waals surface area contributed by atoms with E-state index in [4.69, 9.17) is 10.8 Å². The first-order chi connectivity index (χ1) is 9.77. The molecule has 1 aromatic rings. The molecule has 0 spiro atoms. The Morgan fingerprint density at radius 2 is 1.95 bits per heavy atom. The third-order valence-corrected chi connectivity index (χ3v) is 3.24. The molecular formula is C13H16IN3O4. The number of nitrogens with one attached hydrogen (secondary N) is 1. The molecule has 0 aromatic heterocycles. The highest BCUT2D eigenvalue weighted by atomic mass is 127. The molecule has 1 aromatic carbocycles. The smallest absolute Gasteiger partial charge is 0.317 e. The molecule has 114 valence electrons. The Kier molecular flexibility index (Phi) is 6.56. The summed E-state index contributed by atoms with van der Waals surface area (Å²) in [5, 5.41) is 11.4. The van der Waals surface area contributed by atoms with E-state index in [9.17, 15) is 14.4 Å². The summed E-state index contributed by atoms with van der Waals surface area (Å²) in [6.45, 7) is 0.921. The molecule has 0 bridgehead atoms. The standard InChI is InChI=1S/C13H16IN3O4/c1-8-4-9(14)2-3-10(8)16-12(19)6-17(5-11(15)18)7-13(20)21/h2-4H,5-7H2,1H3,(H2,15,18)(H,16,19)(H,20,21). The molecule has 7 nitrogen and oxygen atoms in total. The van der Waals surface area contributed by atoms with Gasteiger partial charge >= 0.3 is 5.97 Å². The zero-order valence-corrected chi connectivity index (χ0v) is 13.6. The van der Waals surface area contributed by atoms with Crippen LogP contribution in [0.25, 0.3) is 0 Å². The first-order valence-electron chi connectivity index (χ1n) is 6.06. The molecule has 0 atom stereocenters. The van der Waals surface area contributed by atoms with Crippen molar-refractivity contribution in [1.29, 1.82) is 0 Å². The van der Waals surface area contributed by atoms with Crippen molar-refractivity contribution in [3.63, 3.8) is 0 Å². The zero-order valence-electron chi connectivity index (χ0n) is 11.4. The van der Waals surface area contributed by atoms with E-state index in [-0.39, 0.29) is 13.1 Å². The van der Waals surface area contributed by atoms with Crippen molar-refractivity contribution in [2.45, 2.75) is 6.92 Å². The van der Waals surface area contributed by atoms with Crippen LogP contribution < -0.4 is 11.1 Å². The van der Waals surface area contributed by atoms with Gasteiger partial charge in [-0.1, -0.05) is 0 Å². The molecule has 0 radical (unpaired) electrons. The second-order valence-electron chi connectivity index (χ2n) is 4.51. The quantitative estimate of drug-likeness (QED) is 0.569. The van der Waals surface area contributed by atoms with Crippen LogP contribution in [-0.4, -0.2) is 47.4 Å². The van der Waals surface area contributed by atoms with Crippen LogP contribution >= 0.6 is 22.6 Å². The number of hydrogen-bond donors (Lipinski definition) is 3. The number of aliphatic carboxylic acids is 1. The number of nitrogens with two attached hydrogens (primary N) is 1. The van der Waals surface area contributed by atoms with Crippen LogP contribution in [0, 0.1) is 10.5 Å². The number of carboxylic acids is 1. The average Bonchev–Trinajstić information content (AvgIpc) is 2.30. The summed E-state index contributed by atoms with van der Waals surface area (Å²) in [6, 6.07) is 5.53. The van der Waals surface area contributed by atoms with Crippen molar-refractivity contribution in [3.05, 3.63) is 27.3 Å². The Hall–Kier alpha value is -1.68. The maximum atomic E-state index is 11.9. The van der Waals surface area contributed by atoms with E-state index in [0.717, 1.165) is 9.13 Å². The molecule has 0 aliphatic rings. The number of nitrogens with zero attached hydrogens (tertiary/aromatic N) is 1. The normalized spacial score (nSPS) is 10.4. The van der Waals surface area contributed by atoms with Gasteiger partial charge in [0.25, 0.3) is 0 Å². The van der Waals surface area contributed by atoms with Gasteiger partial charge in [0, 0.05) is 9.26 Å². The van der Waals surface area contributed by atoms with Gasteiger partial charge in [0.15, 0.2) is 0 Å². The van der Waals surface area contributed by atoms with Gasteiger partial charge in [0.2, 0.25) is 11.8 Å². The van der Waals surface area contributed by atoms with Gasteiger partial charge in [-0.25, -0.2) is 0 Å². The Bertz CT molecular complexity index is 546. The van der Waals surface area contributed by atoms with E-state index in [1.807, 2.05) is 19.1 Å². The van der Waals surface area contributed by atoms with Gasteiger partial charge in [-0.3, -0.25) is 19.3 Å². The fraction of sp³-hybridized carbons (Fsp3) is 0.308. The number of primary amides is 1. The SMILES string of the molecule is Cc1cc(I)ccc1NC(=O)CN(CC(N)=O)CC(=O)O. The average molecular weight is 405 g/mol. The van der Waals surface area contributed by atoms with Crippen molar-refractivity contribution in [3.8, 4) is 0 Å². The van der Waals surface area contributed by atoms with Gasteiger partial charge in [-0.2, -0.15) is 0 Å². The van der Waals surface area contributed by atoms with Crippen LogP contribution in [0.5, 0.6) is 0 Å². The van der Waals surface area contributed by atoms with E-state index < -0.39 is 24.3 Å². The second kappa shape index (κ2) is 7.93. The zero-order chi connectivity index (χ0) is 16.0. The number of carboxylic acid groups (broad SMARTS) is 1. The van der Waals surface area contributed by atoms with E-state index >= 15 is 0 Å². The van der Waals surface area contributed by atoms with Crippen molar-refractivity contribution in [2.75, 3.05) is 25.0 Å². The number of rotatable bonds is 7. The number of aryl methyl sites for hydroxylation is 1. The molecule has 1 rings (SSSR count). The van der Waals surface area contributed by atoms with Crippen molar-refractivity contribution in [1.82, 2.24) is 4.90 Å². The molecule has 0 heterocycles. The fourth-order valence-corrected chi connectivity index (χ4v) is 2.39. The van der Waals surface area contributed by atoms with E-state index in [1.165, 1.54) is 4.90 Å². The predicted molar refractivity (Wildman–Crippen MR) is 85.8 cm³/mol. The predicted octanol–water partition coefficient (Wildman–Crippen LogP) is 0.410. The van der Waals surface area contributed by atoms with Gasteiger partial charge < -0.3 is 16.2 Å². The molecule has 0 fully saturated rings. The number of anilines is 1. The molecule has 4 N–H and O–H groups in total. The lowest BCUT2D eigenvalue weighted by Crippen LogP contribution is -2.41. The van der Waals surface area contributed by atoms with Gasteiger partial charge in [0.05, 0.1) is 19.6 Å². The highest BCUT2D eigenvalue weighted by Crippen LogP contribution is 2.17. The summed E-state index contributed by atoms with van der Waals surface area (Å²) in [5.41, 5.74) is 6.58. The van der Waals surface area contributed by atoms with E-state index in [1.54, 1.807) is 6.07 Å².